The van der Waals surface area contributed by atoms with Gasteiger partial charge in [-0.2, -0.15) is 0 Å². The van der Waals surface area contributed by atoms with Crippen LogP contribution in [-0.2, 0) is 4.74 Å². The summed E-state index contributed by atoms with van der Waals surface area (Å²) >= 11 is 0. The molecule has 0 aromatic rings. The Labute approximate surface area is 142 Å². The van der Waals surface area contributed by atoms with Crippen molar-refractivity contribution in [1.82, 2.24) is 10.2 Å². The van der Waals surface area contributed by atoms with Gasteiger partial charge in [-0.1, -0.05) is 11.6 Å². The minimum absolute atomic E-state index is 0.234. The van der Waals surface area contributed by atoms with E-state index < -0.39 is 5.60 Å². The largest absolute Gasteiger partial charge is 0.444 e. The first-order chi connectivity index (χ1) is 10.6. The number of rotatable bonds is 6. The summed E-state index contributed by atoms with van der Waals surface area (Å²) in [5.74, 6) is 0. The molecular weight excluding hydrogens is 288 g/mol. The molecule has 0 aliphatic heterocycles. The molecule has 0 atom stereocenters. The summed E-state index contributed by atoms with van der Waals surface area (Å²) in [6.45, 7) is 14.3. The lowest BCUT2D eigenvalue weighted by atomic mass is 9.97. The van der Waals surface area contributed by atoms with Crippen molar-refractivity contribution >= 4 is 6.09 Å². The molecule has 0 fully saturated rings. The molecule has 4 heteroatoms. The van der Waals surface area contributed by atoms with Gasteiger partial charge in [0.2, 0.25) is 0 Å². The van der Waals surface area contributed by atoms with Crippen LogP contribution >= 0.6 is 0 Å². The molecule has 134 valence electrons. The zero-order valence-corrected chi connectivity index (χ0v) is 16.0. The molecule has 0 spiro atoms. The standard InChI is InChI=1S/C19H36N2O2/c1-18(2,3)21(17(22)23-19(4,5)6)15-14-20-13-12-16-10-8-7-9-11-16/h10,20H,7-9,11-15H2,1-6H3. The van der Waals surface area contributed by atoms with E-state index in [9.17, 15) is 4.79 Å². The lowest BCUT2D eigenvalue weighted by Gasteiger charge is -2.37. The summed E-state index contributed by atoms with van der Waals surface area (Å²) in [4.78, 5) is 14.2. The van der Waals surface area contributed by atoms with Crippen LogP contribution in [0.4, 0.5) is 4.79 Å². The smallest absolute Gasteiger partial charge is 0.410 e. The molecule has 0 saturated carbocycles. The van der Waals surface area contributed by atoms with E-state index in [2.05, 4.69) is 11.4 Å². The van der Waals surface area contributed by atoms with Gasteiger partial charge in [0.1, 0.15) is 5.60 Å². The topological polar surface area (TPSA) is 41.6 Å². The second-order valence-electron chi connectivity index (χ2n) is 8.41. The number of ether oxygens (including phenoxy) is 1. The predicted molar refractivity (Wildman–Crippen MR) is 96.7 cm³/mol. The first-order valence-corrected chi connectivity index (χ1v) is 8.99. The molecule has 1 aliphatic carbocycles. The molecule has 1 rings (SSSR count). The van der Waals surface area contributed by atoms with Gasteiger partial charge >= 0.3 is 6.09 Å². The third-order valence-corrected chi connectivity index (χ3v) is 3.94. The highest BCUT2D eigenvalue weighted by molar-refractivity contribution is 5.69. The molecular formula is C19H36N2O2. The van der Waals surface area contributed by atoms with Gasteiger partial charge in [0.25, 0.3) is 0 Å². The Morgan fingerprint density at radius 2 is 1.87 bits per heavy atom. The molecule has 0 aromatic heterocycles. The van der Waals surface area contributed by atoms with E-state index in [4.69, 9.17) is 4.74 Å². The van der Waals surface area contributed by atoms with E-state index in [1.54, 1.807) is 5.57 Å². The molecule has 23 heavy (non-hydrogen) atoms. The van der Waals surface area contributed by atoms with Gasteiger partial charge in [-0.05, 0) is 80.2 Å². The van der Waals surface area contributed by atoms with Gasteiger partial charge in [-0.25, -0.2) is 4.79 Å². The van der Waals surface area contributed by atoms with Crippen LogP contribution < -0.4 is 5.32 Å². The van der Waals surface area contributed by atoms with Crippen molar-refractivity contribution in [3.63, 3.8) is 0 Å². The molecule has 1 aliphatic rings. The maximum absolute atomic E-state index is 12.4. The SMILES string of the molecule is CC(C)(C)OC(=O)N(CCNCCC1=CCCCC1)C(C)(C)C. The van der Waals surface area contributed by atoms with Crippen LogP contribution in [0.2, 0.25) is 0 Å². The maximum atomic E-state index is 12.4. The summed E-state index contributed by atoms with van der Waals surface area (Å²) in [6.07, 6.45) is 8.46. The highest BCUT2D eigenvalue weighted by Crippen LogP contribution is 2.20. The van der Waals surface area contributed by atoms with Gasteiger partial charge in [-0.3, -0.25) is 0 Å². The summed E-state index contributed by atoms with van der Waals surface area (Å²) in [7, 11) is 0. The van der Waals surface area contributed by atoms with E-state index in [1.165, 1.54) is 25.7 Å². The monoisotopic (exact) mass is 324 g/mol. The third kappa shape index (κ3) is 8.40. The average Bonchev–Trinajstić information content (AvgIpc) is 2.40. The lowest BCUT2D eigenvalue weighted by Crippen LogP contribution is -2.50. The van der Waals surface area contributed by atoms with Crippen molar-refractivity contribution in [2.24, 2.45) is 0 Å². The molecule has 1 amide bonds. The fraction of sp³-hybridized carbons (Fsp3) is 0.842. The summed E-state index contributed by atoms with van der Waals surface area (Å²) in [6, 6.07) is 0. The Morgan fingerprint density at radius 1 is 1.17 bits per heavy atom. The van der Waals surface area contributed by atoms with E-state index in [1.807, 2.05) is 46.4 Å². The van der Waals surface area contributed by atoms with E-state index >= 15 is 0 Å². The fourth-order valence-electron chi connectivity index (χ4n) is 2.71. The number of carbonyl (C=O) groups is 1. The van der Waals surface area contributed by atoms with Crippen molar-refractivity contribution in [1.29, 1.82) is 0 Å². The average molecular weight is 325 g/mol. The molecule has 0 bridgehead atoms. The second kappa shape index (κ2) is 8.72. The highest BCUT2D eigenvalue weighted by atomic mass is 16.6. The molecule has 4 nitrogen and oxygen atoms in total. The summed E-state index contributed by atoms with van der Waals surface area (Å²) < 4.78 is 5.53. The van der Waals surface area contributed by atoms with Gasteiger partial charge in [-0.15, -0.1) is 0 Å². The maximum Gasteiger partial charge on any atom is 0.410 e. The van der Waals surface area contributed by atoms with Gasteiger partial charge in [0, 0.05) is 18.6 Å². The van der Waals surface area contributed by atoms with Gasteiger partial charge in [0.15, 0.2) is 0 Å². The zero-order valence-electron chi connectivity index (χ0n) is 16.0. The van der Waals surface area contributed by atoms with Crippen LogP contribution in [0, 0.1) is 0 Å². The van der Waals surface area contributed by atoms with Crippen molar-refractivity contribution in [3.8, 4) is 0 Å². The van der Waals surface area contributed by atoms with Crippen molar-refractivity contribution in [2.75, 3.05) is 19.6 Å². The summed E-state index contributed by atoms with van der Waals surface area (Å²) in [5, 5.41) is 3.46. The Bertz CT molecular complexity index is 403. The van der Waals surface area contributed by atoms with Gasteiger partial charge in [0.05, 0.1) is 0 Å². The Kier molecular flexibility index (Phi) is 7.59. The molecule has 1 N–H and O–H groups in total. The quantitative estimate of drug-likeness (QED) is 0.577. The number of hydrogen-bond acceptors (Lipinski definition) is 3. The predicted octanol–water partition coefficient (Wildman–Crippen LogP) is 4.50. The van der Waals surface area contributed by atoms with Crippen LogP contribution in [0.1, 0.15) is 73.6 Å². The molecule has 0 saturated heterocycles. The number of hydrogen-bond donors (Lipinski definition) is 1. The number of amides is 1. The number of carbonyl (C=O) groups excluding carboxylic acids is 1. The molecule has 0 radical (unpaired) electrons. The van der Waals surface area contributed by atoms with Crippen molar-refractivity contribution in [3.05, 3.63) is 11.6 Å². The third-order valence-electron chi connectivity index (χ3n) is 3.94. The highest BCUT2D eigenvalue weighted by Gasteiger charge is 2.30. The molecule has 0 heterocycles. The number of allylic oxidation sites excluding steroid dienone is 1. The van der Waals surface area contributed by atoms with Crippen LogP contribution in [-0.4, -0.2) is 41.8 Å². The summed E-state index contributed by atoms with van der Waals surface area (Å²) in [5.41, 5.74) is 0.890. The minimum atomic E-state index is -0.457. The van der Waals surface area contributed by atoms with Crippen molar-refractivity contribution in [2.45, 2.75) is 84.8 Å². The Morgan fingerprint density at radius 3 is 2.39 bits per heavy atom. The normalized spacial score (nSPS) is 16.0. The Hall–Kier alpha value is -1.03. The van der Waals surface area contributed by atoms with Crippen LogP contribution in [0.15, 0.2) is 11.6 Å². The van der Waals surface area contributed by atoms with E-state index in [0.29, 0.717) is 6.54 Å². The lowest BCUT2D eigenvalue weighted by molar-refractivity contribution is 0.00666. The molecule has 0 aromatic carbocycles. The minimum Gasteiger partial charge on any atom is -0.444 e. The van der Waals surface area contributed by atoms with Gasteiger partial charge < -0.3 is 15.0 Å². The van der Waals surface area contributed by atoms with E-state index in [-0.39, 0.29) is 11.6 Å². The zero-order chi connectivity index (χ0) is 17.5. The first-order valence-electron chi connectivity index (χ1n) is 8.99. The van der Waals surface area contributed by atoms with E-state index in [0.717, 1.165) is 19.5 Å². The van der Waals surface area contributed by atoms with Crippen LogP contribution in [0.3, 0.4) is 0 Å². The molecule has 0 unspecified atom stereocenters. The van der Waals surface area contributed by atoms with Crippen molar-refractivity contribution < 1.29 is 9.53 Å². The Balaban J connectivity index is 2.37. The first kappa shape index (κ1) is 20.0. The van der Waals surface area contributed by atoms with Crippen LogP contribution in [0.25, 0.3) is 0 Å². The van der Waals surface area contributed by atoms with Crippen LogP contribution in [0.5, 0.6) is 0 Å². The number of nitrogens with one attached hydrogen (secondary N) is 1. The second-order valence-corrected chi connectivity index (χ2v) is 8.41. The fourth-order valence-corrected chi connectivity index (χ4v) is 2.71. The number of nitrogens with zero attached hydrogens (tertiary/aromatic N) is 1.